The Labute approximate surface area is 131 Å². The van der Waals surface area contributed by atoms with Gasteiger partial charge in [0, 0.05) is 19.5 Å². The molecule has 2 rings (SSSR count). The third kappa shape index (κ3) is 4.34. The lowest BCUT2D eigenvalue weighted by atomic mass is 10.1. The Kier molecular flexibility index (Phi) is 5.66. The Hall–Kier alpha value is -1.31. The van der Waals surface area contributed by atoms with Crippen LogP contribution in [-0.2, 0) is 14.6 Å². The standard InChI is InChI=1S/C14H25N3O4S/c1-2-13(18)15-7-5-3-4-6-8-17-12-10-22(20,21)9-11(12)16-14(17)19/h11-12H,2-10H2,1H3,(H,15,18)(H,16,19)/t11-,12+/m1/s1. The lowest BCUT2D eigenvalue weighted by Gasteiger charge is -2.21. The van der Waals surface area contributed by atoms with Crippen LogP contribution in [0.5, 0.6) is 0 Å². The summed E-state index contributed by atoms with van der Waals surface area (Å²) in [6, 6.07) is -0.566. The highest BCUT2D eigenvalue weighted by Gasteiger charge is 2.48. The molecule has 2 atom stereocenters. The van der Waals surface area contributed by atoms with Crippen LogP contribution in [0, 0.1) is 0 Å². The maximum atomic E-state index is 11.8. The van der Waals surface area contributed by atoms with E-state index in [9.17, 15) is 18.0 Å². The summed E-state index contributed by atoms with van der Waals surface area (Å²) in [4.78, 5) is 24.6. The Morgan fingerprint density at radius 2 is 2.00 bits per heavy atom. The number of amides is 3. The van der Waals surface area contributed by atoms with Crippen LogP contribution in [0.15, 0.2) is 0 Å². The molecule has 0 unspecified atom stereocenters. The molecule has 0 spiro atoms. The summed E-state index contributed by atoms with van der Waals surface area (Å²) < 4.78 is 23.2. The van der Waals surface area contributed by atoms with Gasteiger partial charge < -0.3 is 15.5 Å². The first kappa shape index (κ1) is 17.1. The van der Waals surface area contributed by atoms with Gasteiger partial charge in [0.05, 0.1) is 23.6 Å². The summed E-state index contributed by atoms with van der Waals surface area (Å²) in [7, 11) is -3.01. The van der Waals surface area contributed by atoms with Crippen molar-refractivity contribution in [3.63, 3.8) is 0 Å². The van der Waals surface area contributed by atoms with Gasteiger partial charge in [-0.3, -0.25) is 4.79 Å². The molecule has 0 aromatic rings. The predicted octanol–water partition coefficient (Wildman–Crippen LogP) is 0.264. The third-order valence-corrected chi connectivity index (χ3v) is 5.98. The number of carbonyl (C=O) groups is 2. The van der Waals surface area contributed by atoms with Gasteiger partial charge >= 0.3 is 6.03 Å². The van der Waals surface area contributed by atoms with Crippen LogP contribution in [0.25, 0.3) is 0 Å². The summed E-state index contributed by atoms with van der Waals surface area (Å²) in [5.41, 5.74) is 0. The van der Waals surface area contributed by atoms with Crippen molar-refractivity contribution in [2.24, 2.45) is 0 Å². The van der Waals surface area contributed by atoms with Crippen LogP contribution in [0.1, 0.15) is 39.0 Å². The SMILES string of the molecule is CCC(=O)NCCCCCCN1C(=O)N[C@@H]2CS(=O)(=O)C[C@@H]21. The van der Waals surface area contributed by atoms with Gasteiger partial charge in [-0.2, -0.15) is 0 Å². The fourth-order valence-electron chi connectivity index (χ4n) is 3.05. The smallest absolute Gasteiger partial charge is 0.318 e. The molecule has 3 amide bonds. The van der Waals surface area contributed by atoms with E-state index in [1.807, 2.05) is 6.92 Å². The van der Waals surface area contributed by atoms with Gasteiger partial charge in [0.25, 0.3) is 0 Å². The van der Waals surface area contributed by atoms with Gasteiger partial charge in [0.1, 0.15) is 0 Å². The normalized spacial score (nSPS) is 25.9. The number of carbonyl (C=O) groups excluding carboxylic acids is 2. The number of fused-ring (bicyclic) bond motifs is 1. The number of unbranched alkanes of at least 4 members (excludes halogenated alkanes) is 3. The number of nitrogens with one attached hydrogen (secondary N) is 2. The molecule has 0 aliphatic carbocycles. The van der Waals surface area contributed by atoms with Gasteiger partial charge in [0.15, 0.2) is 9.84 Å². The van der Waals surface area contributed by atoms with Crippen LogP contribution < -0.4 is 10.6 Å². The molecule has 2 fully saturated rings. The number of sulfone groups is 1. The first-order valence-electron chi connectivity index (χ1n) is 7.97. The van der Waals surface area contributed by atoms with E-state index in [0.717, 1.165) is 25.7 Å². The highest BCUT2D eigenvalue weighted by Crippen LogP contribution is 2.24. The van der Waals surface area contributed by atoms with Crippen molar-refractivity contribution in [3.05, 3.63) is 0 Å². The van der Waals surface area contributed by atoms with E-state index in [1.165, 1.54) is 0 Å². The number of hydrogen-bond acceptors (Lipinski definition) is 4. The van der Waals surface area contributed by atoms with Crippen molar-refractivity contribution in [1.29, 1.82) is 0 Å². The van der Waals surface area contributed by atoms with Gasteiger partial charge in [-0.15, -0.1) is 0 Å². The number of rotatable bonds is 8. The monoisotopic (exact) mass is 331 g/mol. The Bertz CT molecular complexity index is 520. The fourth-order valence-corrected chi connectivity index (χ4v) is 4.97. The van der Waals surface area contributed by atoms with Crippen LogP contribution in [-0.4, -0.2) is 61.9 Å². The van der Waals surface area contributed by atoms with Crippen molar-refractivity contribution in [3.8, 4) is 0 Å². The molecule has 0 aromatic carbocycles. The van der Waals surface area contributed by atoms with E-state index in [1.54, 1.807) is 4.90 Å². The molecule has 2 aliphatic rings. The zero-order valence-electron chi connectivity index (χ0n) is 13.0. The Morgan fingerprint density at radius 1 is 1.27 bits per heavy atom. The second-order valence-corrected chi connectivity index (χ2v) is 8.17. The van der Waals surface area contributed by atoms with Gasteiger partial charge in [-0.25, -0.2) is 13.2 Å². The fraction of sp³-hybridized carbons (Fsp3) is 0.857. The molecule has 2 aliphatic heterocycles. The highest BCUT2D eigenvalue weighted by molar-refractivity contribution is 7.91. The summed E-state index contributed by atoms with van der Waals surface area (Å²) in [6.45, 7) is 3.12. The number of nitrogens with zero attached hydrogens (tertiary/aromatic N) is 1. The number of urea groups is 1. The Balaban J connectivity index is 1.63. The molecule has 22 heavy (non-hydrogen) atoms. The first-order valence-corrected chi connectivity index (χ1v) is 9.79. The molecule has 126 valence electrons. The molecule has 2 N–H and O–H groups in total. The van der Waals surface area contributed by atoms with E-state index in [0.29, 0.717) is 19.5 Å². The second-order valence-electron chi connectivity index (χ2n) is 6.01. The molecule has 2 heterocycles. The van der Waals surface area contributed by atoms with E-state index in [4.69, 9.17) is 0 Å². The number of hydrogen-bond donors (Lipinski definition) is 2. The van der Waals surface area contributed by atoms with Crippen molar-refractivity contribution in [2.75, 3.05) is 24.6 Å². The van der Waals surface area contributed by atoms with Crippen LogP contribution in [0.2, 0.25) is 0 Å². The van der Waals surface area contributed by atoms with E-state index in [2.05, 4.69) is 10.6 Å². The third-order valence-electron chi connectivity index (χ3n) is 4.26. The quantitative estimate of drug-likeness (QED) is 0.493. The molecular formula is C14H25N3O4S. The van der Waals surface area contributed by atoms with Crippen molar-refractivity contribution < 1.29 is 18.0 Å². The minimum atomic E-state index is -3.01. The average Bonchev–Trinajstić information content (AvgIpc) is 2.89. The maximum Gasteiger partial charge on any atom is 0.318 e. The minimum absolute atomic E-state index is 0.0665. The van der Waals surface area contributed by atoms with Crippen molar-refractivity contribution in [1.82, 2.24) is 15.5 Å². The highest BCUT2D eigenvalue weighted by atomic mass is 32.2. The topological polar surface area (TPSA) is 95.6 Å². The summed E-state index contributed by atoms with van der Waals surface area (Å²) in [6.07, 6.45) is 4.26. The van der Waals surface area contributed by atoms with Gasteiger partial charge in [0.2, 0.25) is 5.91 Å². The lowest BCUT2D eigenvalue weighted by molar-refractivity contribution is -0.120. The van der Waals surface area contributed by atoms with Crippen LogP contribution in [0.3, 0.4) is 0 Å². The van der Waals surface area contributed by atoms with Crippen molar-refractivity contribution in [2.45, 2.75) is 51.1 Å². The second kappa shape index (κ2) is 7.30. The summed E-state index contributed by atoms with van der Waals surface area (Å²) >= 11 is 0. The predicted molar refractivity (Wildman–Crippen MR) is 83.2 cm³/mol. The van der Waals surface area contributed by atoms with Crippen LogP contribution in [0.4, 0.5) is 4.79 Å². The van der Waals surface area contributed by atoms with Crippen molar-refractivity contribution >= 4 is 21.8 Å². The lowest BCUT2D eigenvalue weighted by Crippen LogP contribution is -2.37. The molecule has 0 radical (unpaired) electrons. The van der Waals surface area contributed by atoms with Crippen LogP contribution >= 0.6 is 0 Å². The van der Waals surface area contributed by atoms with Gasteiger partial charge in [-0.05, 0) is 12.8 Å². The molecule has 8 heteroatoms. The van der Waals surface area contributed by atoms with E-state index < -0.39 is 9.84 Å². The molecule has 2 saturated heterocycles. The van der Waals surface area contributed by atoms with E-state index in [-0.39, 0.29) is 35.5 Å². The maximum absolute atomic E-state index is 11.8. The molecule has 7 nitrogen and oxygen atoms in total. The Morgan fingerprint density at radius 3 is 2.73 bits per heavy atom. The summed E-state index contributed by atoms with van der Waals surface area (Å²) in [5, 5.41) is 5.59. The molecule has 0 aromatic heterocycles. The zero-order chi connectivity index (χ0) is 16.2. The largest absolute Gasteiger partial charge is 0.356 e. The van der Waals surface area contributed by atoms with E-state index >= 15 is 0 Å². The minimum Gasteiger partial charge on any atom is -0.356 e. The summed E-state index contributed by atoms with van der Waals surface area (Å²) in [5.74, 6) is 0.221. The zero-order valence-corrected chi connectivity index (χ0v) is 13.8. The first-order chi connectivity index (χ1) is 10.4. The average molecular weight is 331 g/mol. The molecular weight excluding hydrogens is 306 g/mol. The molecule has 0 bridgehead atoms. The molecule has 0 saturated carbocycles. The van der Waals surface area contributed by atoms with Gasteiger partial charge in [-0.1, -0.05) is 19.8 Å².